The van der Waals surface area contributed by atoms with E-state index < -0.39 is 22.1 Å². The van der Waals surface area contributed by atoms with Crippen molar-refractivity contribution in [3.05, 3.63) is 28.8 Å². The van der Waals surface area contributed by atoms with Crippen LogP contribution in [0.15, 0.2) is 23.1 Å². The SMILES string of the molecule is C[C@H](OC(=O)c1ccc(Cl)c(S(N)(=O)=O)c1)C(=O)NCC1CCCCC1. The highest BCUT2D eigenvalue weighted by Crippen LogP contribution is 2.23. The summed E-state index contributed by atoms with van der Waals surface area (Å²) in [7, 11) is -4.07. The molecule has 1 saturated carbocycles. The number of amides is 1. The van der Waals surface area contributed by atoms with Crippen LogP contribution >= 0.6 is 11.6 Å². The molecule has 0 aliphatic heterocycles. The molecule has 0 unspecified atom stereocenters. The predicted octanol–water partition coefficient (Wildman–Crippen LogP) is 2.23. The number of nitrogens with two attached hydrogens (primary N) is 1. The van der Waals surface area contributed by atoms with E-state index in [-0.39, 0.29) is 21.4 Å². The van der Waals surface area contributed by atoms with Crippen molar-refractivity contribution in [3.8, 4) is 0 Å². The maximum atomic E-state index is 12.2. The third-order valence-electron chi connectivity index (χ3n) is 4.42. The standard InChI is InChI=1S/C17H23ClN2O5S/c1-11(16(21)20-10-12-5-3-2-4-6-12)25-17(22)13-7-8-14(18)15(9-13)26(19,23)24/h7-9,11-12H,2-6,10H2,1H3,(H,20,21)(H2,19,23,24)/t11-/m0/s1. The molecule has 0 heterocycles. The molecule has 0 radical (unpaired) electrons. The Morgan fingerprint density at radius 2 is 1.96 bits per heavy atom. The zero-order valence-corrected chi connectivity index (χ0v) is 16.1. The van der Waals surface area contributed by atoms with Crippen LogP contribution < -0.4 is 10.5 Å². The molecule has 7 nitrogen and oxygen atoms in total. The third kappa shape index (κ3) is 5.69. The predicted molar refractivity (Wildman–Crippen MR) is 97.3 cm³/mol. The van der Waals surface area contributed by atoms with Gasteiger partial charge in [-0.1, -0.05) is 30.9 Å². The van der Waals surface area contributed by atoms with Crippen molar-refractivity contribution in [2.45, 2.75) is 50.0 Å². The van der Waals surface area contributed by atoms with E-state index in [0.29, 0.717) is 12.5 Å². The van der Waals surface area contributed by atoms with E-state index in [9.17, 15) is 18.0 Å². The van der Waals surface area contributed by atoms with Crippen LogP contribution in [0.5, 0.6) is 0 Å². The molecule has 0 saturated heterocycles. The smallest absolute Gasteiger partial charge is 0.338 e. The van der Waals surface area contributed by atoms with Crippen molar-refractivity contribution >= 4 is 33.5 Å². The number of benzene rings is 1. The van der Waals surface area contributed by atoms with Crippen LogP contribution in [0.2, 0.25) is 5.02 Å². The van der Waals surface area contributed by atoms with Crippen molar-refractivity contribution in [2.24, 2.45) is 11.1 Å². The highest BCUT2D eigenvalue weighted by Gasteiger charge is 2.22. The molecule has 1 aliphatic carbocycles. The summed E-state index contributed by atoms with van der Waals surface area (Å²) in [6.45, 7) is 2.03. The van der Waals surface area contributed by atoms with Gasteiger partial charge in [0.05, 0.1) is 10.6 Å². The molecular formula is C17H23ClN2O5S. The second-order valence-electron chi connectivity index (χ2n) is 6.49. The zero-order valence-electron chi connectivity index (χ0n) is 14.5. The number of carbonyl (C=O) groups is 2. The summed E-state index contributed by atoms with van der Waals surface area (Å²) < 4.78 is 28.1. The Morgan fingerprint density at radius 1 is 1.31 bits per heavy atom. The Hall–Kier alpha value is -1.64. The Morgan fingerprint density at radius 3 is 2.58 bits per heavy atom. The van der Waals surface area contributed by atoms with Gasteiger partial charge in [-0.05, 0) is 43.9 Å². The van der Waals surface area contributed by atoms with Crippen molar-refractivity contribution in [3.63, 3.8) is 0 Å². The van der Waals surface area contributed by atoms with Gasteiger partial charge < -0.3 is 10.1 Å². The van der Waals surface area contributed by atoms with E-state index in [2.05, 4.69) is 5.32 Å². The van der Waals surface area contributed by atoms with E-state index in [1.165, 1.54) is 38.3 Å². The van der Waals surface area contributed by atoms with Gasteiger partial charge in [-0.3, -0.25) is 4.79 Å². The molecule has 1 aromatic rings. The summed E-state index contributed by atoms with van der Waals surface area (Å²) in [6.07, 6.45) is 4.77. The van der Waals surface area contributed by atoms with Crippen molar-refractivity contribution < 1.29 is 22.7 Å². The van der Waals surface area contributed by atoms with Gasteiger partial charge in [0.15, 0.2) is 6.10 Å². The van der Waals surface area contributed by atoms with Gasteiger partial charge in [-0.2, -0.15) is 0 Å². The topological polar surface area (TPSA) is 116 Å². The quantitative estimate of drug-likeness (QED) is 0.708. The first-order valence-corrected chi connectivity index (χ1v) is 10.4. The van der Waals surface area contributed by atoms with Crippen LogP contribution in [0.4, 0.5) is 0 Å². The summed E-state index contributed by atoms with van der Waals surface area (Å²) in [4.78, 5) is 23.9. The van der Waals surface area contributed by atoms with Crippen molar-refractivity contribution in [1.82, 2.24) is 5.32 Å². The third-order valence-corrected chi connectivity index (χ3v) is 5.81. The molecule has 0 aromatic heterocycles. The van der Waals surface area contributed by atoms with Crippen molar-refractivity contribution in [2.75, 3.05) is 6.54 Å². The number of hydrogen-bond acceptors (Lipinski definition) is 5. The fourth-order valence-corrected chi connectivity index (χ4v) is 3.98. The summed E-state index contributed by atoms with van der Waals surface area (Å²) in [6, 6.07) is 3.59. The molecule has 144 valence electrons. The molecule has 1 fully saturated rings. The summed E-state index contributed by atoms with van der Waals surface area (Å²) in [5, 5.41) is 7.76. The number of hydrogen-bond donors (Lipinski definition) is 2. The van der Waals surface area contributed by atoms with Gasteiger partial charge in [0, 0.05) is 6.54 Å². The van der Waals surface area contributed by atoms with Crippen molar-refractivity contribution in [1.29, 1.82) is 0 Å². The lowest BCUT2D eigenvalue weighted by atomic mass is 9.89. The number of sulfonamides is 1. The molecule has 1 aliphatic rings. The van der Waals surface area contributed by atoms with Gasteiger partial charge in [0.2, 0.25) is 10.0 Å². The second-order valence-corrected chi connectivity index (χ2v) is 8.42. The minimum Gasteiger partial charge on any atom is -0.449 e. The number of primary sulfonamides is 1. The van der Waals surface area contributed by atoms with Gasteiger partial charge >= 0.3 is 5.97 Å². The monoisotopic (exact) mass is 402 g/mol. The molecule has 1 atom stereocenters. The fourth-order valence-electron chi connectivity index (χ4n) is 2.91. The van der Waals surface area contributed by atoms with Crippen LogP contribution in [-0.2, 0) is 19.6 Å². The average molecular weight is 403 g/mol. The Labute approximate surface area is 158 Å². The van der Waals surface area contributed by atoms with Gasteiger partial charge in [-0.25, -0.2) is 18.4 Å². The van der Waals surface area contributed by atoms with E-state index in [1.807, 2.05) is 0 Å². The molecule has 0 bridgehead atoms. The molecule has 1 amide bonds. The minimum absolute atomic E-state index is 0.0506. The van der Waals surface area contributed by atoms with Gasteiger partial charge in [0.1, 0.15) is 4.90 Å². The highest BCUT2D eigenvalue weighted by atomic mass is 35.5. The summed E-state index contributed by atoms with van der Waals surface area (Å²) in [5.41, 5.74) is -0.0506. The number of halogens is 1. The molecule has 1 aromatic carbocycles. The average Bonchev–Trinajstić information content (AvgIpc) is 2.59. The highest BCUT2D eigenvalue weighted by molar-refractivity contribution is 7.89. The second kappa shape index (κ2) is 8.83. The first-order chi connectivity index (χ1) is 12.2. The summed E-state index contributed by atoms with van der Waals surface area (Å²) >= 11 is 5.78. The number of ether oxygens (including phenoxy) is 1. The van der Waals surface area contributed by atoms with E-state index >= 15 is 0 Å². The summed E-state index contributed by atoms with van der Waals surface area (Å²) in [5.74, 6) is -0.749. The molecule has 9 heteroatoms. The minimum atomic E-state index is -4.07. The zero-order chi connectivity index (χ0) is 19.3. The van der Waals surface area contributed by atoms with Crippen LogP contribution in [0.25, 0.3) is 0 Å². The first-order valence-electron chi connectivity index (χ1n) is 8.49. The maximum Gasteiger partial charge on any atom is 0.338 e. The first kappa shape index (κ1) is 20.7. The lowest BCUT2D eigenvalue weighted by Gasteiger charge is -2.22. The van der Waals surface area contributed by atoms with E-state index in [4.69, 9.17) is 21.5 Å². The number of carbonyl (C=O) groups excluding carboxylic acids is 2. The maximum absolute atomic E-state index is 12.2. The van der Waals surface area contributed by atoms with E-state index in [1.54, 1.807) is 0 Å². The largest absolute Gasteiger partial charge is 0.449 e. The molecular weight excluding hydrogens is 380 g/mol. The van der Waals surface area contributed by atoms with Gasteiger partial charge in [-0.15, -0.1) is 0 Å². The molecule has 2 rings (SSSR count). The Kier molecular flexibility index (Phi) is 7.02. The normalized spacial score (nSPS) is 16.7. The van der Waals surface area contributed by atoms with Gasteiger partial charge in [0.25, 0.3) is 5.91 Å². The van der Waals surface area contributed by atoms with Crippen LogP contribution in [0.1, 0.15) is 49.4 Å². The fraction of sp³-hybridized carbons (Fsp3) is 0.529. The number of rotatable bonds is 6. The lowest BCUT2D eigenvalue weighted by molar-refractivity contribution is -0.129. The molecule has 0 spiro atoms. The van der Waals surface area contributed by atoms with E-state index in [0.717, 1.165) is 18.9 Å². The Balaban J connectivity index is 1.94. The molecule has 26 heavy (non-hydrogen) atoms. The Bertz CT molecular complexity index is 775. The molecule has 3 N–H and O–H groups in total. The lowest BCUT2D eigenvalue weighted by Crippen LogP contribution is -2.38. The van der Waals surface area contributed by atoms with Crippen LogP contribution in [-0.4, -0.2) is 32.9 Å². The van der Waals surface area contributed by atoms with Crippen LogP contribution in [0, 0.1) is 5.92 Å². The number of esters is 1. The van der Waals surface area contributed by atoms with Crippen LogP contribution in [0.3, 0.4) is 0 Å². The number of nitrogens with one attached hydrogen (secondary N) is 1.